The van der Waals surface area contributed by atoms with Crippen molar-refractivity contribution >= 4 is 11.9 Å². The van der Waals surface area contributed by atoms with Crippen LogP contribution >= 0.6 is 0 Å². The third kappa shape index (κ3) is 18.1. The monoisotopic (exact) mass is 604 g/mol. The molecule has 2 aromatic heterocycles. The molecule has 2 unspecified atom stereocenters. The number of aromatic amines is 1. The van der Waals surface area contributed by atoms with Gasteiger partial charge in [-0.05, 0) is 77.8 Å². The van der Waals surface area contributed by atoms with Gasteiger partial charge in [0.2, 0.25) is 5.56 Å². The van der Waals surface area contributed by atoms with E-state index >= 15 is 0 Å². The number of rotatable bonds is 13. The predicted molar refractivity (Wildman–Crippen MR) is 173 cm³/mol. The molecule has 1 N–H and O–H groups in total. The number of H-pyrrole nitrogens is 1. The van der Waals surface area contributed by atoms with Crippen molar-refractivity contribution in [3.05, 3.63) is 68.5 Å². The fourth-order valence-electron chi connectivity index (χ4n) is 4.25. The highest BCUT2D eigenvalue weighted by Crippen LogP contribution is 2.18. The van der Waals surface area contributed by atoms with E-state index in [0.29, 0.717) is 31.5 Å². The molecule has 0 spiro atoms. The van der Waals surface area contributed by atoms with Crippen LogP contribution in [0.1, 0.15) is 78.5 Å². The van der Waals surface area contributed by atoms with Crippen molar-refractivity contribution in [3.63, 3.8) is 0 Å². The minimum Gasteiger partial charge on any atom is -0.466 e. The third-order valence-electron chi connectivity index (χ3n) is 5.95. The maximum Gasteiger partial charge on any atom is 0.329 e. The molecule has 0 bridgehead atoms. The molecule has 0 aliphatic heterocycles. The maximum absolute atomic E-state index is 12.2. The van der Waals surface area contributed by atoms with E-state index in [4.69, 9.17) is 9.47 Å². The van der Waals surface area contributed by atoms with Crippen molar-refractivity contribution in [2.75, 3.05) is 41.4 Å². The summed E-state index contributed by atoms with van der Waals surface area (Å²) in [7, 11) is 7.91. The minimum atomic E-state index is -0.556. The summed E-state index contributed by atoms with van der Waals surface area (Å²) in [5.74, 6) is 0.504. The summed E-state index contributed by atoms with van der Waals surface area (Å²) < 4.78 is 11.5. The van der Waals surface area contributed by atoms with Crippen LogP contribution in [0, 0.1) is 17.8 Å². The fourth-order valence-corrected chi connectivity index (χ4v) is 4.25. The lowest BCUT2D eigenvalue weighted by Crippen LogP contribution is -2.32. The number of hydrogen-bond acceptors (Lipinski definition) is 8. The van der Waals surface area contributed by atoms with Gasteiger partial charge < -0.3 is 28.8 Å². The van der Waals surface area contributed by atoms with Crippen LogP contribution in [0.15, 0.2) is 46.2 Å². The number of carbonyl (C=O) groups excluding carboxylic acids is 2. The lowest BCUT2D eigenvalue weighted by molar-refractivity contribution is -0.148. The third-order valence-corrected chi connectivity index (χ3v) is 5.95. The summed E-state index contributed by atoms with van der Waals surface area (Å²) in [6.45, 7) is 16.2. The zero-order chi connectivity index (χ0) is 33.1. The summed E-state index contributed by atoms with van der Waals surface area (Å²) >= 11 is 0. The molecule has 2 heterocycles. The van der Waals surface area contributed by atoms with Gasteiger partial charge in [0.1, 0.15) is 6.04 Å². The van der Waals surface area contributed by atoms with Gasteiger partial charge in [0.25, 0.3) is 5.56 Å². The fraction of sp³-hybridized carbons (Fsp3) is 0.636. The standard InChI is InChI=1S/C16H26N2O3.C9H18O2.C8H12N2O/c1-6-21-16(20)14(9-12(2)3)18-11-13(10-17(4)5)7-8-15(18)19;1-5-11-9(10)8(4)6-7(2)3;1-10(2)6-7-3-4-8(11)9-5-7/h7-8,11-12,14H,6,9-10H2,1-5H3;7-8H,5-6H2,1-4H3;3-5H,6H2,1-2H3,(H,9,11). The molecular weight excluding hydrogens is 548 g/mol. The van der Waals surface area contributed by atoms with Crippen LogP contribution in [0.5, 0.6) is 0 Å². The second-order valence-corrected chi connectivity index (χ2v) is 12.0. The molecule has 0 amide bonds. The van der Waals surface area contributed by atoms with Crippen LogP contribution in [-0.2, 0) is 32.2 Å². The molecule has 2 atom stereocenters. The van der Waals surface area contributed by atoms with Crippen molar-refractivity contribution in [2.24, 2.45) is 17.8 Å². The first-order chi connectivity index (χ1) is 20.1. The zero-order valence-electron chi connectivity index (χ0n) is 28.3. The van der Waals surface area contributed by atoms with Crippen LogP contribution in [0.2, 0.25) is 0 Å². The second kappa shape index (κ2) is 21.4. The van der Waals surface area contributed by atoms with Crippen LogP contribution in [0.25, 0.3) is 0 Å². The summed E-state index contributed by atoms with van der Waals surface area (Å²) in [4.78, 5) is 52.7. The largest absolute Gasteiger partial charge is 0.466 e. The van der Waals surface area contributed by atoms with Crippen molar-refractivity contribution < 1.29 is 19.1 Å². The summed E-state index contributed by atoms with van der Waals surface area (Å²) in [5, 5.41) is 0. The van der Waals surface area contributed by atoms with Gasteiger partial charge in [-0.1, -0.05) is 46.8 Å². The van der Waals surface area contributed by atoms with Crippen molar-refractivity contribution in [1.29, 1.82) is 0 Å². The van der Waals surface area contributed by atoms with Gasteiger partial charge in [-0.25, -0.2) is 4.79 Å². The maximum atomic E-state index is 12.2. The van der Waals surface area contributed by atoms with E-state index in [1.807, 2.05) is 71.8 Å². The Morgan fingerprint density at radius 3 is 1.74 bits per heavy atom. The highest BCUT2D eigenvalue weighted by atomic mass is 16.5. The number of ether oxygens (including phenoxy) is 2. The smallest absolute Gasteiger partial charge is 0.329 e. The van der Waals surface area contributed by atoms with E-state index < -0.39 is 6.04 Å². The Bertz CT molecular complexity index is 1170. The Kier molecular flexibility index (Phi) is 19.8. The number of nitrogens with zero attached hydrogens (tertiary/aromatic N) is 3. The first-order valence-corrected chi connectivity index (χ1v) is 15.1. The predicted octanol–water partition coefficient (Wildman–Crippen LogP) is 4.73. The summed E-state index contributed by atoms with van der Waals surface area (Å²) in [5.41, 5.74) is 1.90. The number of esters is 2. The van der Waals surface area contributed by atoms with E-state index in [2.05, 4.69) is 18.8 Å². The highest BCUT2D eigenvalue weighted by Gasteiger charge is 2.24. The van der Waals surface area contributed by atoms with Crippen molar-refractivity contribution in [3.8, 4) is 0 Å². The molecule has 2 rings (SSSR count). The molecule has 10 heteroatoms. The van der Waals surface area contributed by atoms with Gasteiger partial charge in [0.15, 0.2) is 0 Å². The molecule has 244 valence electrons. The van der Waals surface area contributed by atoms with Crippen molar-refractivity contribution in [1.82, 2.24) is 19.4 Å². The topological polar surface area (TPSA) is 114 Å². The summed E-state index contributed by atoms with van der Waals surface area (Å²) in [6.07, 6.45) is 5.01. The molecule has 0 fully saturated rings. The van der Waals surface area contributed by atoms with Crippen LogP contribution < -0.4 is 11.1 Å². The van der Waals surface area contributed by atoms with Gasteiger partial charge in [-0.3, -0.25) is 14.4 Å². The van der Waals surface area contributed by atoms with Gasteiger partial charge in [0.05, 0.1) is 19.1 Å². The summed E-state index contributed by atoms with van der Waals surface area (Å²) in [6, 6.07) is 6.14. The number of pyridine rings is 2. The van der Waals surface area contributed by atoms with E-state index in [-0.39, 0.29) is 29.0 Å². The lowest BCUT2D eigenvalue weighted by atomic mass is 9.99. The van der Waals surface area contributed by atoms with E-state index in [1.54, 1.807) is 31.5 Å². The number of carbonyl (C=O) groups is 2. The highest BCUT2D eigenvalue weighted by molar-refractivity contribution is 5.74. The molecule has 0 aromatic carbocycles. The van der Waals surface area contributed by atoms with Crippen LogP contribution in [-0.4, -0.2) is 72.7 Å². The van der Waals surface area contributed by atoms with E-state index in [0.717, 1.165) is 30.6 Å². The Labute approximate surface area is 258 Å². The molecule has 0 radical (unpaired) electrons. The van der Waals surface area contributed by atoms with Crippen LogP contribution in [0.4, 0.5) is 0 Å². The molecule has 0 saturated carbocycles. The Balaban J connectivity index is 0.000000677. The Hall–Kier alpha value is -3.24. The van der Waals surface area contributed by atoms with E-state index in [1.165, 1.54) is 10.6 Å². The number of aromatic nitrogens is 2. The second-order valence-electron chi connectivity index (χ2n) is 12.0. The van der Waals surface area contributed by atoms with E-state index in [9.17, 15) is 19.2 Å². The lowest BCUT2D eigenvalue weighted by Gasteiger charge is -2.21. The molecule has 0 aliphatic rings. The van der Waals surface area contributed by atoms with Gasteiger partial charge >= 0.3 is 11.9 Å². The normalized spacial score (nSPS) is 12.3. The van der Waals surface area contributed by atoms with Gasteiger partial charge in [0, 0.05) is 37.6 Å². The Morgan fingerprint density at radius 2 is 1.28 bits per heavy atom. The number of nitrogens with one attached hydrogen (secondary N) is 1. The molecule has 0 saturated heterocycles. The zero-order valence-corrected chi connectivity index (χ0v) is 28.3. The first-order valence-electron chi connectivity index (χ1n) is 15.1. The minimum absolute atomic E-state index is 0.0486. The van der Waals surface area contributed by atoms with Gasteiger partial charge in [-0.15, -0.1) is 0 Å². The first kappa shape index (κ1) is 39.8. The molecule has 10 nitrogen and oxygen atoms in total. The molecule has 2 aromatic rings. The SMILES string of the molecule is CCOC(=O)C(C)CC(C)C.CCOC(=O)C(CC(C)C)n1cc(CN(C)C)ccc1=O.CN(C)Cc1ccc(=O)[nH]c1. The van der Waals surface area contributed by atoms with Gasteiger partial charge in [-0.2, -0.15) is 0 Å². The molecular formula is C33H56N4O6. The Morgan fingerprint density at radius 1 is 0.767 bits per heavy atom. The average Bonchev–Trinajstić information content (AvgIpc) is 2.90. The number of hydrogen-bond donors (Lipinski definition) is 1. The van der Waals surface area contributed by atoms with Crippen LogP contribution in [0.3, 0.4) is 0 Å². The quantitative estimate of drug-likeness (QED) is 0.327. The van der Waals surface area contributed by atoms with Crippen molar-refractivity contribution in [2.45, 2.75) is 80.4 Å². The molecule has 0 aliphatic carbocycles. The molecule has 43 heavy (non-hydrogen) atoms. The average molecular weight is 605 g/mol.